The lowest BCUT2D eigenvalue weighted by Gasteiger charge is -2.23. The van der Waals surface area contributed by atoms with E-state index in [2.05, 4.69) is 11.1 Å². The number of H-pyrrole nitrogens is 1. The molecule has 0 spiro atoms. The van der Waals surface area contributed by atoms with Gasteiger partial charge in [0.1, 0.15) is 11.1 Å². The molecular weight excluding hydrogens is 308 g/mol. The fourth-order valence-electron chi connectivity index (χ4n) is 3.56. The van der Waals surface area contributed by atoms with Crippen LogP contribution < -0.4 is 0 Å². The molecule has 1 aliphatic heterocycles. The number of carbonyl (C=O) groups excluding carboxylic acids is 1. The Labute approximate surface area is 140 Å². The normalized spacial score (nSPS) is 20.7. The van der Waals surface area contributed by atoms with Crippen molar-refractivity contribution in [2.75, 3.05) is 26.8 Å². The summed E-state index contributed by atoms with van der Waals surface area (Å²) in [5.41, 5.74) is 2.66. The maximum atomic E-state index is 12.8. The van der Waals surface area contributed by atoms with Gasteiger partial charge in [-0.15, -0.1) is 0 Å². The Hall–Kier alpha value is -2.34. The van der Waals surface area contributed by atoms with Crippen LogP contribution in [0.3, 0.4) is 0 Å². The molecule has 6 heteroatoms. The molecule has 0 bridgehead atoms. The van der Waals surface area contributed by atoms with Crippen molar-refractivity contribution in [1.29, 1.82) is 0 Å². The van der Waals surface area contributed by atoms with Crippen LogP contribution in [0.1, 0.15) is 28.0 Å². The number of methoxy groups -OCH3 is 1. The molecule has 0 aliphatic carbocycles. The van der Waals surface area contributed by atoms with Crippen LogP contribution in [0.5, 0.6) is 0 Å². The Morgan fingerprint density at radius 3 is 2.75 bits per heavy atom. The third kappa shape index (κ3) is 2.67. The van der Waals surface area contributed by atoms with Gasteiger partial charge in [0.2, 0.25) is 0 Å². The number of hydrogen-bond acceptors (Lipinski definition) is 3. The van der Waals surface area contributed by atoms with E-state index in [0.717, 1.165) is 22.0 Å². The van der Waals surface area contributed by atoms with Gasteiger partial charge in [-0.1, -0.05) is 6.07 Å². The van der Waals surface area contributed by atoms with Gasteiger partial charge in [-0.3, -0.25) is 9.59 Å². The first kappa shape index (κ1) is 16.5. The van der Waals surface area contributed by atoms with Gasteiger partial charge in [0, 0.05) is 31.1 Å². The van der Waals surface area contributed by atoms with Crippen LogP contribution in [0.4, 0.5) is 0 Å². The average Bonchev–Trinajstić information content (AvgIpc) is 3.12. The van der Waals surface area contributed by atoms with Gasteiger partial charge in [0.15, 0.2) is 0 Å². The molecule has 128 valence electrons. The Balaban J connectivity index is 1.88. The Morgan fingerprint density at radius 2 is 2.08 bits per heavy atom. The largest absolute Gasteiger partial charge is 0.481 e. The van der Waals surface area contributed by atoms with Crippen molar-refractivity contribution in [3.05, 3.63) is 35.0 Å². The summed E-state index contributed by atoms with van der Waals surface area (Å²) in [6.07, 6.45) is 0.403. The summed E-state index contributed by atoms with van der Waals surface area (Å²) < 4.78 is 5.07. The highest BCUT2D eigenvalue weighted by atomic mass is 16.5. The van der Waals surface area contributed by atoms with Crippen molar-refractivity contribution in [1.82, 2.24) is 9.88 Å². The number of aryl methyl sites for hydroxylation is 2. The summed E-state index contributed by atoms with van der Waals surface area (Å²) in [4.78, 5) is 29.2. The number of likely N-dealkylation sites (tertiary alicyclic amines) is 1. The maximum absolute atomic E-state index is 12.8. The fraction of sp³-hybridized carbons (Fsp3) is 0.444. The number of nitrogens with one attached hydrogen (secondary N) is 1. The molecule has 1 atom stereocenters. The Morgan fingerprint density at radius 1 is 1.33 bits per heavy atom. The second kappa shape index (κ2) is 5.94. The van der Waals surface area contributed by atoms with Gasteiger partial charge in [-0.05, 0) is 43.5 Å². The van der Waals surface area contributed by atoms with Crippen LogP contribution in [-0.4, -0.2) is 53.7 Å². The third-order valence-corrected chi connectivity index (χ3v) is 4.83. The molecule has 0 saturated carbocycles. The molecule has 2 N–H and O–H groups in total. The molecule has 1 amide bonds. The van der Waals surface area contributed by atoms with Crippen LogP contribution in [-0.2, 0) is 9.53 Å². The first-order chi connectivity index (χ1) is 11.4. The number of ether oxygens (including phenoxy) is 1. The van der Waals surface area contributed by atoms with E-state index in [1.165, 1.54) is 7.11 Å². The molecule has 1 saturated heterocycles. The molecule has 2 heterocycles. The molecule has 6 nitrogen and oxygen atoms in total. The van der Waals surface area contributed by atoms with Crippen LogP contribution in [0.2, 0.25) is 0 Å². The molecule has 1 fully saturated rings. The van der Waals surface area contributed by atoms with Crippen LogP contribution in [0.25, 0.3) is 10.9 Å². The molecule has 24 heavy (non-hydrogen) atoms. The van der Waals surface area contributed by atoms with Crippen molar-refractivity contribution in [2.24, 2.45) is 5.41 Å². The van der Waals surface area contributed by atoms with E-state index in [0.29, 0.717) is 18.7 Å². The number of amides is 1. The Kier molecular flexibility index (Phi) is 4.09. The minimum absolute atomic E-state index is 0.108. The van der Waals surface area contributed by atoms with Gasteiger partial charge in [-0.25, -0.2) is 0 Å². The summed E-state index contributed by atoms with van der Waals surface area (Å²) in [6.45, 7) is 4.73. The number of fused-ring (bicyclic) bond motifs is 1. The van der Waals surface area contributed by atoms with E-state index in [1.54, 1.807) is 4.90 Å². The number of aliphatic carboxylic acids is 1. The van der Waals surface area contributed by atoms with Crippen molar-refractivity contribution < 1.29 is 19.4 Å². The van der Waals surface area contributed by atoms with E-state index >= 15 is 0 Å². The van der Waals surface area contributed by atoms with E-state index in [4.69, 9.17) is 4.74 Å². The van der Waals surface area contributed by atoms with Gasteiger partial charge in [-0.2, -0.15) is 0 Å². The molecule has 1 unspecified atom stereocenters. The molecule has 1 aliphatic rings. The summed E-state index contributed by atoms with van der Waals surface area (Å²) in [5, 5.41) is 10.5. The number of nitrogens with zero attached hydrogens (tertiary/aromatic N) is 1. The highest BCUT2D eigenvalue weighted by molar-refractivity contribution is 5.99. The third-order valence-electron chi connectivity index (χ3n) is 4.83. The number of aromatic nitrogens is 1. The predicted octanol–water partition coefficient (Wildman–Crippen LogP) is 2.35. The monoisotopic (exact) mass is 330 g/mol. The number of rotatable bonds is 4. The Bertz CT molecular complexity index is 811. The zero-order valence-electron chi connectivity index (χ0n) is 14.2. The lowest BCUT2D eigenvalue weighted by atomic mass is 9.88. The highest BCUT2D eigenvalue weighted by Crippen LogP contribution is 2.32. The van der Waals surface area contributed by atoms with Crippen LogP contribution in [0.15, 0.2) is 18.2 Å². The highest BCUT2D eigenvalue weighted by Gasteiger charge is 2.46. The number of benzene rings is 1. The summed E-state index contributed by atoms with van der Waals surface area (Å²) in [6, 6.07) is 5.94. The van der Waals surface area contributed by atoms with Gasteiger partial charge in [0.25, 0.3) is 5.91 Å². The van der Waals surface area contributed by atoms with Crippen LogP contribution in [0, 0.1) is 19.3 Å². The number of aromatic amines is 1. The molecule has 2 aromatic rings. The lowest BCUT2D eigenvalue weighted by molar-refractivity contribution is -0.151. The SMILES string of the molecule is COCC1(C(=O)O)CCN(C(=O)c2cc3c(C)cc(C)cc3[nH]2)C1. The van der Waals surface area contributed by atoms with E-state index in [-0.39, 0.29) is 19.1 Å². The van der Waals surface area contributed by atoms with Crippen molar-refractivity contribution >= 4 is 22.8 Å². The first-order valence-electron chi connectivity index (χ1n) is 7.98. The molecule has 3 rings (SSSR count). The van der Waals surface area contributed by atoms with Gasteiger partial charge >= 0.3 is 5.97 Å². The number of carboxylic acid groups (broad SMARTS) is 1. The van der Waals surface area contributed by atoms with Gasteiger partial charge in [0.05, 0.1) is 6.61 Å². The zero-order valence-corrected chi connectivity index (χ0v) is 14.2. The fourth-order valence-corrected chi connectivity index (χ4v) is 3.56. The summed E-state index contributed by atoms with van der Waals surface area (Å²) in [7, 11) is 1.48. The molecule has 0 radical (unpaired) electrons. The first-order valence-corrected chi connectivity index (χ1v) is 7.98. The lowest BCUT2D eigenvalue weighted by Crippen LogP contribution is -2.40. The standard InChI is InChI=1S/C18H22N2O4/c1-11-6-12(2)13-8-15(19-14(13)7-11)16(21)20-5-4-18(9-20,10-24-3)17(22)23/h6-8,19H,4-5,9-10H2,1-3H3,(H,22,23). The number of hydrogen-bond donors (Lipinski definition) is 2. The maximum Gasteiger partial charge on any atom is 0.313 e. The van der Waals surface area contributed by atoms with Gasteiger partial charge < -0.3 is 19.7 Å². The van der Waals surface area contributed by atoms with Crippen LogP contribution >= 0.6 is 0 Å². The predicted molar refractivity (Wildman–Crippen MR) is 90.2 cm³/mol. The molecule has 1 aromatic heterocycles. The second-order valence-electron chi connectivity index (χ2n) is 6.72. The molecule has 1 aromatic carbocycles. The van der Waals surface area contributed by atoms with Crippen molar-refractivity contribution in [3.63, 3.8) is 0 Å². The second-order valence-corrected chi connectivity index (χ2v) is 6.72. The zero-order chi connectivity index (χ0) is 17.5. The minimum Gasteiger partial charge on any atom is -0.481 e. The minimum atomic E-state index is -1.01. The van der Waals surface area contributed by atoms with Crippen molar-refractivity contribution in [3.8, 4) is 0 Å². The summed E-state index contributed by atoms with van der Waals surface area (Å²) in [5.74, 6) is -1.08. The van der Waals surface area contributed by atoms with E-state index in [9.17, 15) is 14.7 Å². The molecular formula is C18H22N2O4. The summed E-state index contributed by atoms with van der Waals surface area (Å²) >= 11 is 0. The topological polar surface area (TPSA) is 82.6 Å². The van der Waals surface area contributed by atoms with E-state index in [1.807, 2.05) is 26.0 Å². The number of carboxylic acids is 1. The average molecular weight is 330 g/mol. The smallest absolute Gasteiger partial charge is 0.313 e. The van der Waals surface area contributed by atoms with Crippen molar-refractivity contribution in [2.45, 2.75) is 20.3 Å². The quantitative estimate of drug-likeness (QED) is 0.901. The van der Waals surface area contributed by atoms with E-state index < -0.39 is 11.4 Å². The number of carbonyl (C=O) groups is 2.